The van der Waals surface area contributed by atoms with E-state index in [1.165, 1.54) is 11.9 Å². The Labute approximate surface area is 223 Å². The monoisotopic (exact) mass is 513 g/mol. The number of amides is 1. The van der Waals surface area contributed by atoms with Gasteiger partial charge >= 0.3 is 0 Å². The number of ether oxygens (including phenoxy) is 1. The van der Waals surface area contributed by atoms with Crippen LogP contribution in [0.2, 0.25) is 0 Å². The standard InChI is InChI=1S/C29H35N7O2/c1-20-13-21(15-27(37)34-23-16-33-36(18-23)29(2,3)4)6-8-26(20)38-28-24-14-22(5-7-25(24)31-19-32-28)17-35-11-9-30-10-12-35/h5-8,13-14,16,18-19,30H,9-12,15,17H2,1-4H3,(H,34,37). The van der Waals surface area contributed by atoms with Crippen LogP contribution in [0.4, 0.5) is 5.69 Å². The number of benzene rings is 2. The highest BCUT2D eigenvalue weighted by atomic mass is 16.5. The van der Waals surface area contributed by atoms with Gasteiger partial charge in [-0.05, 0) is 62.6 Å². The highest BCUT2D eigenvalue weighted by Gasteiger charge is 2.16. The third kappa shape index (κ3) is 6.17. The first-order valence-corrected chi connectivity index (χ1v) is 13.0. The minimum absolute atomic E-state index is 0.0923. The molecular formula is C29H35N7O2. The topological polar surface area (TPSA) is 97.2 Å². The van der Waals surface area contributed by atoms with E-state index in [4.69, 9.17) is 4.74 Å². The maximum Gasteiger partial charge on any atom is 0.230 e. The molecule has 1 aliphatic heterocycles. The SMILES string of the molecule is Cc1cc(CC(=O)Nc2cnn(C(C)(C)C)c2)ccc1Oc1ncnc2ccc(CN3CCNCC3)cc12. The maximum absolute atomic E-state index is 12.6. The summed E-state index contributed by atoms with van der Waals surface area (Å²) in [6.45, 7) is 13.2. The number of nitrogens with zero attached hydrogens (tertiary/aromatic N) is 5. The molecule has 0 unspecified atom stereocenters. The summed E-state index contributed by atoms with van der Waals surface area (Å²) in [5, 5.41) is 11.6. The number of aromatic nitrogens is 4. The Morgan fingerprint density at radius 1 is 1.08 bits per heavy atom. The van der Waals surface area contributed by atoms with Crippen LogP contribution in [0, 0.1) is 6.92 Å². The lowest BCUT2D eigenvalue weighted by Crippen LogP contribution is -2.42. The average Bonchev–Trinajstić information content (AvgIpc) is 3.36. The fourth-order valence-electron chi connectivity index (χ4n) is 4.57. The summed E-state index contributed by atoms with van der Waals surface area (Å²) in [7, 11) is 0. The second-order valence-electron chi connectivity index (χ2n) is 10.8. The van der Waals surface area contributed by atoms with Gasteiger partial charge in [0.15, 0.2) is 0 Å². The first-order valence-electron chi connectivity index (χ1n) is 13.0. The fourth-order valence-corrected chi connectivity index (χ4v) is 4.57. The molecule has 0 spiro atoms. The summed E-state index contributed by atoms with van der Waals surface area (Å²) < 4.78 is 8.11. The van der Waals surface area contributed by atoms with Gasteiger partial charge in [-0.3, -0.25) is 14.4 Å². The lowest BCUT2D eigenvalue weighted by Gasteiger charge is -2.27. The highest BCUT2D eigenvalue weighted by Crippen LogP contribution is 2.30. The Morgan fingerprint density at radius 2 is 1.87 bits per heavy atom. The van der Waals surface area contributed by atoms with E-state index in [1.54, 1.807) is 6.20 Å². The molecule has 0 radical (unpaired) electrons. The molecule has 0 bridgehead atoms. The van der Waals surface area contributed by atoms with Crippen LogP contribution < -0.4 is 15.4 Å². The van der Waals surface area contributed by atoms with Crippen molar-refractivity contribution in [2.24, 2.45) is 0 Å². The van der Waals surface area contributed by atoms with Crippen molar-refractivity contribution in [3.05, 3.63) is 71.8 Å². The predicted octanol–water partition coefficient (Wildman–Crippen LogP) is 4.27. The molecule has 0 saturated carbocycles. The van der Waals surface area contributed by atoms with Gasteiger partial charge in [0.2, 0.25) is 11.8 Å². The molecule has 2 N–H and O–H groups in total. The molecule has 1 saturated heterocycles. The van der Waals surface area contributed by atoms with Gasteiger partial charge in [0.1, 0.15) is 12.1 Å². The summed E-state index contributed by atoms with van der Waals surface area (Å²) in [6, 6.07) is 12.1. The van der Waals surface area contributed by atoms with Crippen molar-refractivity contribution in [3.8, 4) is 11.6 Å². The number of fused-ring (bicyclic) bond motifs is 1. The zero-order valence-electron chi connectivity index (χ0n) is 22.5. The molecule has 1 aliphatic rings. The zero-order valence-corrected chi connectivity index (χ0v) is 22.5. The van der Waals surface area contributed by atoms with Gasteiger partial charge < -0.3 is 15.4 Å². The van der Waals surface area contributed by atoms with Gasteiger partial charge in [-0.15, -0.1) is 0 Å². The molecule has 9 heteroatoms. The third-order valence-electron chi connectivity index (χ3n) is 6.64. The molecule has 2 aromatic heterocycles. The Kier molecular flexibility index (Phi) is 7.40. The van der Waals surface area contributed by atoms with E-state index in [0.29, 0.717) is 17.3 Å². The number of carbonyl (C=O) groups excluding carboxylic acids is 1. The molecule has 0 aliphatic carbocycles. The van der Waals surface area contributed by atoms with Crippen LogP contribution in [0.5, 0.6) is 11.6 Å². The smallest absolute Gasteiger partial charge is 0.230 e. The number of piperazine rings is 1. The molecule has 5 rings (SSSR count). The Hall–Kier alpha value is -3.82. The molecule has 1 amide bonds. The molecule has 3 heterocycles. The van der Waals surface area contributed by atoms with E-state index < -0.39 is 0 Å². The minimum Gasteiger partial charge on any atom is -0.438 e. The van der Waals surface area contributed by atoms with Crippen molar-refractivity contribution < 1.29 is 9.53 Å². The van der Waals surface area contributed by atoms with E-state index in [-0.39, 0.29) is 17.9 Å². The van der Waals surface area contributed by atoms with Crippen LogP contribution >= 0.6 is 0 Å². The Morgan fingerprint density at radius 3 is 2.61 bits per heavy atom. The lowest BCUT2D eigenvalue weighted by molar-refractivity contribution is -0.115. The zero-order chi connectivity index (χ0) is 26.7. The second-order valence-corrected chi connectivity index (χ2v) is 10.8. The van der Waals surface area contributed by atoms with E-state index >= 15 is 0 Å². The number of rotatable bonds is 7. The highest BCUT2D eigenvalue weighted by molar-refractivity contribution is 5.92. The molecule has 2 aromatic carbocycles. The van der Waals surface area contributed by atoms with Gasteiger partial charge in [0, 0.05) is 38.9 Å². The summed E-state index contributed by atoms with van der Waals surface area (Å²) in [4.78, 5) is 24.0. The van der Waals surface area contributed by atoms with E-state index in [1.807, 2.05) is 42.1 Å². The summed E-state index contributed by atoms with van der Waals surface area (Å²) in [5.74, 6) is 1.14. The molecule has 9 nitrogen and oxygen atoms in total. The molecule has 4 aromatic rings. The minimum atomic E-state index is -0.141. The fraction of sp³-hybridized carbons (Fsp3) is 0.379. The quantitative estimate of drug-likeness (QED) is 0.381. The Bertz CT molecular complexity index is 1430. The van der Waals surface area contributed by atoms with Crippen molar-refractivity contribution in [1.82, 2.24) is 30.0 Å². The number of anilines is 1. The number of nitrogens with one attached hydrogen (secondary N) is 2. The third-order valence-corrected chi connectivity index (χ3v) is 6.64. The van der Waals surface area contributed by atoms with E-state index in [2.05, 4.69) is 63.5 Å². The van der Waals surface area contributed by atoms with Crippen molar-refractivity contribution in [3.63, 3.8) is 0 Å². The average molecular weight is 514 g/mol. The first-order chi connectivity index (χ1) is 18.2. The molecule has 1 fully saturated rings. The maximum atomic E-state index is 12.6. The molecule has 0 atom stereocenters. The van der Waals surface area contributed by atoms with Crippen molar-refractivity contribution in [2.45, 2.75) is 46.2 Å². The molecule has 198 valence electrons. The van der Waals surface area contributed by atoms with Gasteiger partial charge in [-0.25, -0.2) is 9.97 Å². The second kappa shape index (κ2) is 10.9. The van der Waals surface area contributed by atoms with Crippen molar-refractivity contribution in [1.29, 1.82) is 0 Å². The van der Waals surface area contributed by atoms with Gasteiger partial charge in [0.05, 0.1) is 34.7 Å². The molecular weight excluding hydrogens is 478 g/mol. The van der Waals surface area contributed by atoms with Crippen LogP contribution in [0.25, 0.3) is 10.9 Å². The van der Waals surface area contributed by atoms with Gasteiger partial charge in [-0.1, -0.05) is 18.2 Å². The summed E-state index contributed by atoms with van der Waals surface area (Å²) in [6.07, 6.45) is 5.31. The number of hydrogen-bond donors (Lipinski definition) is 2. The summed E-state index contributed by atoms with van der Waals surface area (Å²) in [5.41, 5.74) is 4.44. The Balaban J connectivity index is 1.27. The van der Waals surface area contributed by atoms with Gasteiger partial charge in [-0.2, -0.15) is 5.10 Å². The summed E-state index contributed by atoms with van der Waals surface area (Å²) >= 11 is 0. The van der Waals surface area contributed by atoms with Gasteiger partial charge in [0.25, 0.3) is 0 Å². The van der Waals surface area contributed by atoms with Crippen LogP contribution in [-0.4, -0.2) is 56.7 Å². The van der Waals surface area contributed by atoms with Crippen LogP contribution in [0.1, 0.15) is 37.5 Å². The number of hydrogen-bond acceptors (Lipinski definition) is 7. The number of carbonyl (C=O) groups is 1. The normalized spacial score (nSPS) is 14.5. The predicted molar refractivity (Wildman–Crippen MR) is 148 cm³/mol. The van der Waals surface area contributed by atoms with Crippen molar-refractivity contribution in [2.75, 3.05) is 31.5 Å². The van der Waals surface area contributed by atoms with Crippen LogP contribution in [0.3, 0.4) is 0 Å². The van der Waals surface area contributed by atoms with E-state index in [9.17, 15) is 4.79 Å². The van der Waals surface area contributed by atoms with Crippen molar-refractivity contribution >= 4 is 22.5 Å². The first kappa shape index (κ1) is 25.8. The number of aryl methyl sites for hydroxylation is 1. The lowest BCUT2D eigenvalue weighted by atomic mass is 10.1. The molecule has 38 heavy (non-hydrogen) atoms. The van der Waals surface area contributed by atoms with Crippen LogP contribution in [-0.2, 0) is 23.3 Å². The van der Waals surface area contributed by atoms with Crippen LogP contribution in [0.15, 0.2) is 55.1 Å². The van der Waals surface area contributed by atoms with E-state index in [0.717, 1.165) is 54.8 Å². The largest absolute Gasteiger partial charge is 0.438 e.